The van der Waals surface area contributed by atoms with Crippen LogP contribution in [0.15, 0.2) is 12.4 Å². The maximum Gasteiger partial charge on any atom is 0.490 e. The molecule has 1 rings (SSSR count). The number of carboxylic acid groups (broad SMARTS) is 1. The van der Waals surface area contributed by atoms with Gasteiger partial charge in [-0.15, -0.1) is 0 Å². The van der Waals surface area contributed by atoms with Crippen LogP contribution in [0.5, 0.6) is 0 Å². The number of rotatable bonds is 1. The molecule has 16 heavy (non-hydrogen) atoms. The van der Waals surface area contributed by atoms with Crippen LogP contribution in [0.25, 0.3) is 0 Å². The van der Waals surface area contributed by atoms with Crippen LogP contribution < -0.4 is 0 Å². The Labute approximate surface area is 90.0 Å². The van der Waals surface area contributed by atoms with E-state index in [-0.39, 0.29) is 0 Å². The standard InChI is InChI=1S/C6H9N3.C2HF3O2/c1-8-4-5-9(6-8)3-2-7;3-2(4,5)1(6)7/h4-5H,3,6H2,1H3;(H,6,7). The molecule has 0 atom stereocenters. The van der Waals surface area contributed by atoms with Gasteiger partial charge in [-0.25, -0.2) is 4.79 Å². The van der Waals surface area contributed by atoms with Gasteiger partial charge in [0.1, 0.15) is 6.54 Å². The van der Waals surface area contributed by atoms with Crippen molar-refractivity contribution in [3.05, 3.63) is 12.4 Å². The van der Waals surface area contributed by atoms with Crippen LogP contribution in [0.4, 0.5) is 13.2 Å². The molecular formula is C8H10F3N3O2. The summed E-state index contributed by atoms with van der Waals surface area (Å²) in [6, 6.07) is 2.08. The second-order valence-electron chi connectivity index (χ2n) is 2.90. The Morgan fingerprint density at radius 2 is 2.06 bits per heavy atom. The summed E-state index contributed by atoms with van der Waals surface area (Å²) in [4.78, 5) is 12.9. The monoisotopic (exact) mass is 237 g/mol. The predicted octanol–water partition coefficient (Wildman–Crippen LogP) is 0.819. The largest absolute Gasteiger partial charge is 0.490 e. The summed E-state index contributed by atoms with van der Waals surface area (Å²) < 4.78 is 31.7. The highest BCUT2D eigenvalue weighted by atomic mass is 19.4. The quantitative estimate of drug-likeness (QED) is 0.684. The highest BCUT2D eigenvalue weighted by molar-refractivity contribution is 5.73. The molecule has 0 saturated carbocycles. The Morgan fingerprint density at radius 3 is 2.31 bits per heavy atom. The molecule has 0 aliphatic carbocycles. The fourth-order valence-electron chi connectivity index (χ4n) is 0.782. The van der Waals surface area contributed by atoms with Crippen molar-refractivity contribution in [2.24, 2.45) is 0 Å². The van der Waals surface area contributed by atoms with E-state index >= 15 is 0 Å². The van der Waals surface area contributed by atoms with E-state index in [4.69, 9.17) is 15.2 Å². The molecule has 0 bridgehead atoms. The molecule has 0 fully saturated rings. The molecule has 0 aromatic rings. The molecule has 1 N–H and O–H groups in total. The van der Waals surface area contributed by atoms with E-state index in [1.54, 1.807) is 0 Å². The Balaban J connectivity index is 0.000000293. The first kappa shape index (κ1) is 14.1. The van der Waals surface area contributed by atoms with E-state index in [9.17, 15) is 13.2 Å². The van der Waals surface area contributed by atoms with Crippen LogP contribution in [0, 0.1) is 11.3 Å². The predicted molar refractivity (Wildman–Crippen MR) is 47.8 cm³/mol. The van der Waals surface area contributed by atoms with Crippen molar-refractivity contribution in [1.29, 1.82) is 5.26 Å². The number of nitriles is 1. The van der Waals surface area contributed by atoms with E-state index in [1.807, 2.05) is 29.2 Å². The summed E-state index contributed by atoms with van der Waals surface area (Å²) >= 11 is 0. The van der Waals surface area contributed by atoms with Gasteiger partial charge in [0.2, 0.25) is 0 Å². The Morgan fingerprint density at radius 1 is 1.56 bits per heavy atom. The highest BCUT2D eigenvalue weighted by Gasteiger charge is 2.38. The minimum absolute atomic E-state index is 0.487. The molecule has 90 valence electrons. The minimum atomic E-state index is -5.08. The summed E-state index contributed by atoms with van der Waals surface area (Å²) in [6.07, 6.45) is -1.21. The average molecular weight is 237 g/mol. The fourth-order valence-corrected chi connectivity index (χ4v) is 0.782. The number of aliphatic carboxylic acids is 1. The van der Waals surface area contributed by atoms with Crippen molar-refractivity contribution in [2.75, 3.05) is 20.3 Å². The first-order chi connectivity index (χ1) is 7.27. The Hall–Kier alpha value is -1.91. The zero-order chi connectivity index (χ0) is 12.8. The maximum atomic E-state index is 10.6. The molecule has 0 radical (unpaired) electrons. The lowest BCUT2D eigenvalue weighted by atomic mass is 10.6. The lowest BCUT2D eigenvalue weighted by Gasteiger charge is -2.13. The van der Waals surface area contributed by atoms with Gasteiger partial charge in [0.05, 0.1) is 12.7 Å². The van der Waals surface area contributed by atoms with Crippen molar-refractivity contribution >= 4 is 5.97 Å². The molecule has 5 nitrogen and oxygen atoms in total. The Bertz CT molecular complexity index is 309. The number of carboxylic acids is 1. The topological polar surface area (TPSA) is 67.6 Å². The number of carbonyl (C=O) groups is 1. The number of nitrogens with zero attached hydrogens (tertiary/aromatic N) is 3. The smallest absolute Gasteiger partial charge is 0.475 e. The van der Waals surface area contributed by atoms with Gasteiger partial charge in [-0.05, 0) is 0 Å². The van der Waals surface area contributed by atoms with Gasteiger partial charge in [0.15, 0.2) is 0 Å². The number of hydrogen-bond acceptors (Lipinski definition) is 4. The summed E-state index contributed by atoms with van der Waals surface area (Å²) in [5, 5.41) is 15.4. The van der Waals surface area contributed by atoms with Crippen molar-refractivity contribution in [1.82, 2.24) is 9.80 Å². The van der Waals surface area contributed by atoms with E-state index in [0.717, 1.165) is 6.67 Å². The van der Waals surface area contributed by atoms with Gasteiger partial charge in [-0.3, -0.25) is 0 Å². The van der Waals surface area contributed by atoms with Crippen molar-refractivity contribution in [2.45, 2.75) is 6.18 Å². The van der Waals surface area contributed by atoms with Gasteiger partial charge < -0.3 is 14.9 Å². The number of halogens is 3. The summed E-state index contributed by atoms with van der Waals surface area (Å²) in [5.41, 5.74) is 0. The van der Waals surface area contributed by atoms with Gasteiger partial charge in [0.25, 0.3) is 0 Å². The summed E-state index contributed by atoms with van der Waals surface area (Å²) in [5.74, 6) is -2.76. The SMILES string of the molecule is CN1C=CN(CC#N)C1.O=C(O)C(F)(F)F. The lowest BCUT2D eigenvalue weighted by Crippen LogP contribution is -2.22. The van der Waals surface area contributed by atoms with Crippen LogP contribution in [-0.2, 0) is 4.79 Å². The molecule has 1 aliphatic heterocycles. The maximum absolute atomic E-state index is 10.6. The molecule has 0 amide bonds. The molecule has 1 heterocycles. The lowest BCUT2D eigenvalue weighted by molar-refractivity contribution is -0.192. The van der Waals surface area contributed by atoms with Gasteiger partial charge in [0, 0.05) is 19.4 Å². The van der Waals surface area contributed by atoms with E-state index in [0.29, 0.717) is 6.54 Å². The van der Waals surface area contributed by atoms with Crippen molar-refractivity contribution in [3.63, 3.8) is 0 Å². The van der Waals surface area contributed by atoms with Crippen LogP contribution in [0.3, 0.4) is 0 Å². The highest BCUT2D eigenvalue weighted by Crippen LogP contribution is 2.13. The number of alkyl halides is 3. The van der Waals surface area contributed by atoms with E-state index < -0.39 is 12.1 Å². The van der Waals surface area contributed by atoms with Crippen LogP contribution >= 0.6 is 0 Å². The minimum Gasteiger partial charge on any atom is -0.475 e. The summed E-state index contributed by atoms with van der Waals surface area (Å²) in [7, 11) is 1.98. The van der Waals surface area contributed by atoms with E-state index in [2.05, 4.69) is 6.07 Å². The second kappa shape index (κ2) is 5.85. The molecule has 0 aromatic carbocycles. The molecule has 0 spiro atoms. The third-order valence-electron chi connectivity index (χ3n) is 1.45. The first-order valence-electron chi connectivity index (χ1n) is 4.07. The van der Waals surface area contributed by atoms with Crippen LogP contribution in [-0.4, -0.2) is 47.3 Å². The third kappa shape index (κ3) is 5.74. The molecule has 1 aliphatic rings. The zero-order valence-electron chi connectivity index (χ0n) is 8.40. The van der Waals surface area contributed by atoms with E-state index in [1.165, 1.54) is 0 Å². The zero-order valence-corrected chi connectivity index (χ0v) is 8.40. The molecule has 8 heteroatoms. The van der Waals surface area contributed by atoms with Gasteiger partial charge in [-0.2, -0.15) is 18.4 Å². The third-order valence-corrected chi connectivity index (χ3v) is 1.45. The molecule has 0 unspecified atom stereocenters. The normalized spacial score (nSPS) is 14.2. The van der Waals surface area contributed by atoms with Gasteiger partial charge in [-0.1, -0.05) is 0 Å². The number of hydrogen-bond donors (Lipinski definition) is 1. The molecule has 0 aromatic heterocycles. The average Bonchev–Trinajstić information content (AvgIpc) is 2.51. The van der Waals surface area contributed by atoms with Crippen molar-refractivity contribution in [3.8, 4) is 6.07 Å². The van der Waals surface area contributed by atoms with Gasteiger partial charge >= 0.3 is 12.1 Å². The van der Waals surface area contributed by atoms with Crippen molar-refractivity contribution < 1.29 is 23.1 Å². The second-order valence-corrected chi connectivity index (χ2v) is 2.90. The fraction of sp³-hybridized carbons (Fsp3) is 0.500. The molecule has 0 saturated heterocycles. The first-order valence-corrected chi connectivity index (χ1v) is 4.07. The summed E-state index contributed by atoms with van der Waals surface area (Å²) in [6.45, 7) is 1.33. The Kier molecular flexibility index (Phi) is 5.15. The van der Waals surface area contributed by atoms with Crippen LogP contribution in [0.2, 0.25) is 0 Å². The van der Waals surface area contributed by atoms with Crippen LogP contribution in [0.1, 0.15) is 0 Å². The molecular weight excluding hydrogens is 227 g/mol.